The number of hydrogen-bond acceptors (Lipinski definition) is 3. The predicted octanol–water partition coefficient (Wildman–Crippen LogP) is 4.11. The van der Waals surface area contributed by atoms with Crippen molar-refractivity contribution in [1.82, 2.24) is 0 Å². The van der Waals surface area contributed by atoms with E-state index in [2.05, 4.69) is 6.92 Å². The molecule has 0 atom stereocenters. The van der Waals surface area contributed by atoms with Gasteiger partial charge in [0.05, 0.1) is 0 Å². The van der Waals surface area contributed by atoms with E-state index in [4.69, 9.17) is 14.3 Å². The molecule has 1 heterocycles. The number of rotatable bonds is 6. The lowest BCUT2D eigenvalue weighted by molar-refractivity contribution is 0.0657. The van der Waals surface area contributed by atoms with E-state index in [-0.39, 0.29) is 11.7 Å². The van der Waals surface area contributed by atoms with Crippen molar-refractivity contribution in [1.29, 1.82) is 0 Å². The molecule has 2 aromatic rings. The fourth-order valence-electron chi connectivity index (χ4n) is 1.71. The van der Waals surface area contributed by atoms with Gasteiger partial charge in [0, 0.05) is 6.07 Å². The quantitative estimate of drug-likeness (QED) is 0.849. The Morgan fingerprint density at radius 3 is 2.53 bits per heavy atom. The summed E-state index contributed by atoms with van der Waals surface area (Å²) in [7, 11) is 0. The van der Waals surface area contributed by atoms with Crippen molar-refractivity contribution in [3.63, 3.8) is 0 Å². The summed E-state index contributed by atoms with van der Waals surface area (Å²) in [6.07, 6.45) is 3.39. The minimum absolute atomic E-state index is 0.130. The summed E-state index contributed by atoms with van der Waals surface area (Å²) in [5.41, 5.74) is 1.26. The van der Waals surface area contributed by atoms with Crippen LogP contribution in [0.5, 0.6) is 11.7 Å². The van der Waals surface area contributed by atoms with E-state index in [0.717, 1.165) is 6.42 Å². The number of unbranched alkanes of at least 4 members (excludes halogenated alkanes) is 1. The van der Waals surface area contributed by atoms with Crippen LogP contribution in [0.3, 0.4) is 0 Å². The first-order valence-corrected chi connectivity index (χ1v) is 6.29. The first-order valence-electron chi connectivity index (χ1n) is 6.29. The summed E-state index contributed by atoms with van der Waals surface area (Å²) in [6.45, 7) is 2.16. The fraction of sp³-hybridized carbons (Fsp3) is 0.267. The number of carboxylic acid groups (broad SMARTS) is 1. The molecule has 0 saturated carbocycles. The topological polar surface area (TPSA) is 59.7 Å². The summed E-state index contributed by atoms with van der Waals surface area (Å²) in [5, 5.41) is 8.73. The van der Waals surface area contributed by atoms with Gasteiger partial charge in [-0.05, 0) is 36.6 Å². The molecule has 0 amide bonds. The Bertz CT molecular complexity index is 540. The number of hydrogen-bond donors (Lipinski definition) is 1. The van der Waals surface area contributed by atoms with E-state index in [9.17, 15) is 4.79 Å². The molecule has 0 saturated heterocycles. The minimum atomic E-state index is -1.11. The van der Waals surface area contributed by atoms with Crippen molar-refractivity contribution in [2.75, 3.05) is 0 Å². The minimum Gasteiger partial charge on any atom is -0.475 e. The van der Waals surface area contributed by atoms with E-state index in [1.54, 1.807) is 0 Å². The maximum atomic E-state index is 10.7. The van der Waals surface area contributed by atoms with Crippen LogP contribution in [0, 0.1) is 0 Å². The van der Waals surface area contributed by atoms with Gasteiger partial charge in [-0.3, -0.25) is 0 Å². The highest BCUT2D eigenvalue weighted by Crippen LogP contribution is 2.24. The Labute approximate surface area is 111 Å². The summed E-state index contributed by atoms with van der Waals surface area (Å²) in [4.78, 5) is 10.7. The second-order valence-corrected chi connectivity index (χ2v) is 4.27. The molecule has 1 N–H and O–H groups in total. The van der Waals surface area contributed by atoms with Gasteiger partial charge in [0.25, 0.3) is 5.95 Å². The highest BCUT2D eigenvalue weighted by atomic mass is 16.6. The van der Waals surface area contributed by atoms with Crippen LogP contribution in [0.4, 0.5) is 0 Å². The molecular weight excluding hydrogens is 244 g/mol. The first-order chi connectivity index (χ1) is 9.19. The second-order valence-electron chi connectivity index (χ2n) is 4.27. The number of carbonyl (C=O) groups is 1. The average molecular weight is 260 g/mol. The molecule has 100 valence electrons. The second kappa shape index (κ2) is 6.09. The maximum absolute atomic E-state index is 10.7. The molecule has 0 fully saturated rings. The van der Waals surface area contributed by atoms with Crippen LogP contribution in [0.25, 0.3) is 0 Å². The van der Waals surface area contributed by atoms with Crippen LogP contribution in [-0.4, -0.2) is 11.1 Å². The molecule has 0 aliphatic heterocycles. The van der Waals surface area contributed by atoms with E-state index in [1.807, 2.05) is 24.3 Å². The van der Waals surface area contributed by atoms with E-state index in [0.29, 0.717) is 5.75 Å². The zero-order chi connectivity index (χ0) is 13.7. The largest absolute Gasteiger partial charge is 0.475 e. The smallest absolute Gasteiger partial charge is 0.371 e. The van der Waals surface area contributed by atoms with E-state index < -0.39 is 5.97 Å². The van der Waals surface area contributed by atoms with Gasteiger partial charge in [-0.25, -0.2) is 4.79 Å². The summed E-state index contributed by atoms with van der Waals surface area (Å²) in [5.74, 6) is -0.426. The average Bonchev–Trinajstić information content (AvgIpc) is 2.87. The van der Waals surface area contributed by atoms with Gasteiger partial charge in [0.15, 0.2) is 0 Å². The molecule has 4 nitrogen and oxygen atoms in total. The van der Waals surface area contributed by atoms with Gasteiger partial charge in [0.2, 0.25) is 5.76 Å². The standard InChI is InChI=1S/C15H16O4/c1-2-3-4-11-5-7-12(8-6-11)18-14-10-9-13(19-14)15(16)17/h5-10H,2-4H2,1H3,(H,16,17). The van der Waals surface area contributed by atoms with Gasteiger partial charge in [-0.1, -0.05) is 25.5 Å². The lowest BCUT2D eigenvalue weighted by Crippen LogP contribution is -1.91. The molecule has 19 heavy (non-hydrogen) atoms. The molecule has 0 spiro atoms. The van der Waals surface area contributed by atoms with E-state index >= 15 is 0 Å². The Hall–Kier alpha value is -2.23. The third-order valence-corrected chi connectivity index (χ3v) is 2.75. The number of aromatic carboxylic acids is 1. The Morgan fingerprint density at radius 2 is 1.95 bits per heavy atom. The van der Waals surface area contributed by atoms with Crippen molar-refractivity contribution < 1.29 is 19.1 Å². The first kappa shape index (κ1) is 13.2. The fourth-order valence-corrected chi connectivity index (χ4v) is 1.71. The highest BCUT2D eigenvalue weighted by Gasteiger charge is 2.10. The molecule has 0 aliphatic carbocycles. The van der Waals surface area contributed by atoms with Gasteiger partial charge < -0.3 is 14.3 Å². The lowest BCUT2D eigenvalue weighted by atomic mass is 10.1. The van der Waals surface area contributed by atoms with Crippen LogP contribution in [0.15, 0.2) is 40.8 Å². The number of aryl methyl sites for hydroxylation is 1. The van der Waals surface area contributed by atoms with Crippen molar-refractivity contribution in [2.45, 2.75) is 26.2 Å². The van der Waals surface area contributed by atoms with Crippen LogP contribution in [-0.2, 0) is 6.42 Å². The molecule has 0 radical (unpaired) electrons. The number of benzene rings is 1. The van der Waals surface area contributed by atoms with Crippen LogP contribution >= 0.6 is 0 Å². The molecule has 0 bridgehead atoms. The van der Waals surface area contributed by atoms with Crippen molar-refractivity contribution >= 4 is 5.97 Å². The molecule has 0 unspecified atom stereocenters. The Kier molecular flexibility index (Phi) is 4.23. The Morgan fingerprint density at radius 1 is 1.21 bits per heavy atom. The summed E-state index contributed by atoms with van der Waals surface area (Å²) >= 11 is 0. The summed E-state index contributed by atoms with van der Waals surface area (Å²) in [6, 6.07) is 10.6. The van der Waals surface area contributed by atoms with Crippen molar-refractivity contribution in [3.05, 3.63) is 47.7 Å². The van der Waals surface area contributed by atoms with Crippen LogP contribution in [0.1, 0.15) is 35.9 Å². The molecule has 2 rings (SSSR count). The van der Waals surface area contributed by atoms with Crippen LogP contribution < -0.4 is 4.74 Å². The van der Waals surface area contributed by atoms with E-state index in [1.165, 1.54) is 30.5 Å². The zero-order valence-corrected chi connectivity index (χ0v) is 10.8. The summed E-state index contributed by atoms with van der Waals surface area (Å²) < 4.78 is 10.5. The third-order valence-electron chi connectivity index (χ3n) is 2.75. The van der Waals surface area contributed by atoms with Gasteiger partial charge in [0.1, 0.15) is 5.75 Å². The third kappa shape index (κ3) is 3.61. The van der Waals surface area contributed by atoms with Gasteiger partial charge in [-0.15, -0.1) is 0 Å². The number of furan rings is 1. The molecule has 1 aromatic heterocycles. The highest BCUT2D eigenvalue weighted by molar-refractivity contribution is 5.84. The molecular formula is C15H16O4. The SMILES string of the molecule is CCCCc1ccc(Oc2ccc(C(=O)O)o2)cc1. The van der Waals surface area contributed by atoms with Crippen LogP contribution in [0.2, 0.25) is 0 Å². The number of carboxylic acids is 1. The maximum Gasteiger partial charge on any atom is 0.371 e. The monoisotopic (exact) mass is 260 g/mol. The predicted molar refractivity (Wildman–Crippen MR) is 70.8 cm³/mol. The van der Waals surface area contributed by atoms with Gasteiger partial charge >= 0.3 is 5.97 Å². The normalized spacial score (nSPS) is 10.4. The lowest BCUT2D eigenvalue weighted by Gasteiger charge is -2.03. The molecule has 0 aliphatic rings. The van der Waals surface area contributed by atoms with Crippen molar-refractivity contribution in [3.8, 4) is 11.7 Å². The molecule has 4 heteroatoms. The Balaban J connectivity index is 2.00. The molecule has 1 aromatic carbocycles. The van der Waals surface area contributed by atoms with Crippen molar-refractivity contribution in [2.24, 2.45) is 0 Å². The number of ether oxygens (including phenoxy) is 1. The zero-order valence-electron chi connectivity index (χ0n) is 10.8. The van der Waals surface area contributed by atoms with Gasteiger partial charge in [-0.2, -0.15) is 0 Å².